The lowest BCUT2D eigenvalue weighted by atomic mass is 9.97. The number of H-pyrrole nitrogens is 1. The van der Waals surface area contributed by atoms with Gasteiger partial charge in [0.05, 0.1) is 22.2 Å². The summed E-state index contributed by atoms with van der Waals surface area (Å²) in [6, 6.07) is 19.4. The van der Waals surface area contributed by atoms with E-state index in [1.807, 2.05) is 36.4 Å². The fourth-order valence-corrected chi connectivity index (χ4v) is 9.85. The molecule has 4 aromatic carbocycles. The van der Waals surface area contributed by atoms with Crippen LogP contribution in [0.1, 0.15) is 73.4 Å². The largest absolute Gasteiger partial charge is 0.381 e. The molecular formula is C48H49F2N9O6. The quantitative estimate of drug-likeness (QED) is 0.125. The van der Waals surface area contributed by atoms with Crippen LogP contribution in [0.3, 0.4) is 0 Å². The van der Waals surface area contributed by atoms with Gasteiger partial charge in [0.2, 0.25) is 11.8 Å². The third-order valence-corrected chi connectivity index (χ3v) is 13.2. The number of halogens is 2. The molecule has 1 atom stereocenters. The molecule has 65 heavy (non-hydrogen) atoms. The molecule has 6 heterocycles. The van der Waals surface area contributed by atoms with Gasteiger partial charge < -0.3 is 20.3 Å². The number of aromatic amines is 1. The van der Waals surface area contributed by atoms with Crippen LogP contribution in [0.15, 0.2) is 72.8 Å². The van der Waals surface area contributed by atoms with E-state index in [4.69, 9.17) is 4.74 Å². The second-order valence-corrected chi connectivity index (χ2v) is 17.8. The molecule has 0 aliphatic carbocycles. The number of hydrogen-bond donors (Lipinski definition) is 4. The van der Waals surface area contributed by atoms with E-state index in [-0.39, 0.29) is 30.4 Å². The number of likely N-dealkylation sites (tertiary alicyclic amines) is 1. The minimum Gasteiger partial charge on any atom is -0.381 e. The molecule has 1 aromatic heterocycles. The summed E-state index contributed by atoms with van der Waals surface area (Å²) >= 11 is 0. The van der Waals surface area contributed by atoms with Crippen LogP contribution in [0.4, 0.5) is 26.0 Å². The molecule has 0 radical (unpaired) electrons. The Bertz CT molecular complexity index is 2690. The number of imide groups is 2. The van der Waals surface area contributed by atoms with Crippen LogP contribution < -0.4 is 20.9 Å². The molecule has 5 aliphatic heterocycles. The summed E-state index contributed by atoms with van der Waals surface area (Å²) in [6.45, 7) is 8.22. The molecule has 5 amide bonds. The molecule has 5 aromatic rings. The number of carbonyl (C=O) groups excluding carboxylic acids is 5. The third kappa shape index (κ3) is 8.95. The Kier molecular flexibility index (Phi) is 11.6. The molecule has 10 rings (SSSR count). The van der Waals surface area contributed by atoms with Gasteiger partial charge in [-0.25, -0.2) is 8.78 Å². The Hall–Kier alpha value is -6.56. The van der Waals surface area contributed by atoms with Crippen molar-refractivity contribution >= 4 is 57.6 Å². The summed E-state index contributed by atoms with van der Waals surface area (Å²) in [4.78, 5) is 72.7. The fraction of sp³-hybridized carbons (Fsp3) is 0.375. The van der Waals surface area contributed by atoms with Crippen molar-refractivity contribution in [1.82, 2.24) is 30.2 Å². The normalized spacial score (nSPS) is 20.0. The average Bonchev–Trinajstić information content (AvgIpc) is 3.78. The standard InChI is InChI=1S/C48H49F2N9O6/c49-32-18-30(19-33(50)22-32)17-28-2-6-40-39(20-28)44(55-54-40)53-45(61)37-5-3-35(23-41(37)51-34-9-15-65-16-10-34)58-13-11-56(12-14-58)25-31-26-57(27-31)24-29-1-4-36-38(21-29)48(64)59(47(36)63)42-7-8-43(60)52-46(42)62/h1-6,18-23,31,34,42,51H,7-17,24-27H2,(H,52,60,62)(H2,53,54,55,61). The number of carbonyl (C=O) groups is 5. The minimum absolute atomic E-state index is 0.0810. The lowest BCUT2D eigenvalue weighted by Crippen LogP contribution is -2.54. The van der Waals surface area contributed by atoms with E-state index in [9.17, 15) is 32.8 Å². The van der Waals surface area contributed by atoms with Crippen molar-refractivity contribution < 1.29 is 37.5 Å². The van der Waals surface area contributed by atoms with Gasteiger partial charge in [-0.2, -0.15) is 5.10 Å². The predicted octanol–water partition coefficient (Wildman–Crippen LogP) is 4.93. The summed E-state index contributed by atoms with van der Waals surface area (Å²) in [5.74, 6) is -2.72. The molecule has 336 valence electrons. The van der Waals surface area contributed by atoms with Gasteiger partial charge in [0, 0.05) is 101 Å². The van der Waals surface area contributed by atoms with Crippen molar-refractivity contribution in [2.75, 3.05) is 74.6 Å². The Morgan fingerprint density at radius 3 is 2.31 bits per heavy atom. The van der Waals surface area contributed by atoms with E-state index in [0.29, 0.717) is 60.0 Å². The summed E-state index contributed by atoms with van der Waals surface area (Å²) in [5, 5.41) is 17.0. The minimum atomic E-state index is -0.984. The van der Waals surface area contributed by atoms with Crippen LogP contribution in [0, 0.1) is 17.6 Å². The first kappa shape index (κ1) is 42.4. The Morgan fingerprint density at radius 2 is 1.54 bits per heavy atom. The number of aromatic nitrogens is 2. The van der Waals surface area contributed by atoms with Crippen molar-refractivity contribution in [3.05, 3.63) is 118 Å². The number of amides is 5. The molecule has 4 N–H and O–H groups in total. The molecule has 0 saturated carbocycles. The van der Waals surface area contributed by atoms with Gasteiger partial charge in [0.15, 0.2) is 5.82 Å². The lowest BCUT2D eigenvalue weighted by molar-refractivity contribution is -0.136. The highest BCUT2D eigenvalue weighted by molar-refractivity contribution is 6.23. The summed E-state index contributed by atoms with van der Waals surface area (Å²) in [6.07, 6.45) is 2.16. The van der Waals surface area contributed by atoms with E-state index < -0.39 is 41.3 Å². The van der Waals surface area contributed by atoms with Gasteiger partial charge in [0.1, 0.15) is 17.7 Å². The van der Waals surface area contributed by atoms with Gasteiger partial charge in [-0.05, 0) is 103 Å². The summed E-state index contributed by atoms with van der Waals surface area (Å²) in [5.41, 5.74) is 5.81. The zero-order valence-corrected chi connectivity index (χ0v) is 35.7. The van der Waals surface area contributed by atoms with Crippen LogP contribution in [0.5, 0.6) is 0 Å². The maximum Gasteiger partial charge on any atom is 0.262 e. The van der Waals surface area contributed by atoms with Gasteiger partial charge >= 0.3 is 0 Å². The SMILES string of the molecule is O=C1CCC(N2C(=O)c3ccc(CN4CC(CN5CCN(c6ccc(C(=O)Nc7n[nH]c8ccc(Cc9cc(F)cc(F)c9)cc78)c(NC7CCOCC7)c6)CC5)C4)cc3C2=O)C(=O)N1. The number of fused-ring (bicyclic) bond motifs is 2. The van der Waals surface area contributed by atoms with Crippen LogP contribution in [-0.4, -0.2) is 126 Å². The molecule has 17 heteroatoms. The van der Waals surface area contributed by atoms with Crippen molar-refractivity contribution in [1.29, 1.82) is 0 Å². The maximum atomic E-state index is 14.0. The molecule has 4 fully saturated rings. The second kappa shape index (κ2) is 17.8. The summed E-state index contributed by atoms with van der Waals surface area (Å²) < 4.78 is 33.4. The number of nitrogens with one attached hydrogen (secondary N) is 4. The number of piperazine rings is 1. The molecular weight excluding hydrogens is 837 g/mol. The van der Waals surface area contributed by atoms with Crippen LogP contribution >= 0.6 is 0 Å². The topological polar surface area (TPSA) is 172 Å². The van der Waals surface area contributed by atoms with Gasteiger partial charge in [0.25, 0.3) is 17.7 Å². The molecule has 0 bridgehead atoms. The van der Waals surface area contributed by atoms with E-state index in [2.05, 4.69) is 46.9 Å². The number of hydrogen-bond acceptors (Lipinski definition) is 11. The van der Waals surface area contributed by atoms with Gasteiger partial charge in [-0.3, -0.25) is 49.1 Å². The van der Waals surface area contributed by atoms with Crippen molar-refractivity contribution in [3.63, 3.8) is 0 Å². The number of ether oxygens (including phenoxy) is 1. The Balaban J connectivity index is 0.745. The molecule has 4 saturated heterocycles. The second-order valence-electron chi connectivity index (χ2n) is 17.8. The highest BCUT2D eigenvalue weighted by Gasteiger charge is 2.45. The van der Waals surface area contributed by atoms with E-state index in [1.165, 1.54) is 12.1 Å². The zero-order valence-electron chi connectivity index (χ0n) is 35.7. The monoisotopic (exact) mass is 885 g/mol. The number of rotatable bonds is 12. The van der Waals surface area contributed by atoms with Crippen molar-refractivity contribution in [3.8, 4) is 0 Å². The molecule has 0 spiro atoms. The van der Waals surface area contributed by atoms with Crippen LogP contribution in [-0.2, 0) is 27.3 Å². The van der Waals surface area contributed by atoms with E-state index in [1.54, 1.807) is 12.1 Å². The molecule has 5 aliphatic rings. The zero-order chi connectivity index (χ0) is 44.8. The lowest BCUT2D eigenvalue weighted by Gasteiger charge is -2.44. The predicted molar refractivity (Wildman–Crippen MR) is 238 cm³/mol. The molecule has 15 nitrogen and oxygen atoms in total. The summed E-state index contributed by atoms with van der Waals surface area (Å²) in [7, 11) is 0. The number of nitrogens with zero attached hydrogens (tertiary/aromatic N) is 5. The average molecular weight is 886 g/mol. The number of benzene rings is 4. The highest BCUT2D eigenvalue weighted by atomic mass is 19.1. The first-order valence-electron chi connectivity index (χ1n) is 22.3. The van der Waals surface area contributed by atoms with Gasteiger partial charge in [-0.1, -0.05) is 12.1 Å². The smallest absolute Gasteiger partial charge is 0.262 e. The Morgan fingerprint density at radius 1 is 0.785 bits per heavy atom. The first-order chi connectivity index (χ1) is 31.5. The van der Waals surface area contributed by atoms with Crippen LogP contribution in [0.2, 0.25) is 0 Å². The number of piperidine rings is 1. The third-order valence-electron chi connectivity index (χ3n) is 13.2. The van der Waals surface area contributed by atoms with Gasteiger partial charge in [-0.15, -0.1) is 0 Å². The van der Waals surface area contributed by atoms with E-state index in [0.717, 1.165) is 97.6 Å². The van der Waals surface area contributed by atoms with Crippen molar-refractivity contribution in [2.45, 2.75) is 50.7 Å². The maximum absolute atomic E-state index is 14.0. The fourth-order valence-electron chi connectivity index (χ4n) is 9.85. The number of anilines is 3. The first-order valence-corrected chi connectivity index (χ1v) is 22.3. The van der Waals surface area contributed by atoms with Crippen LogP contribution in [0.25, 0.3) is 10.9 Å². The van der Waals surface area contributed by atoms with Crippen molar-refractivity contribution in [2.24, 2.45) is 5.92 Å². The Labute approximate surface area is 373 Å². The molecule has 1 unspecified atom stereocenters. The highest BCUT2D eigenvalue weighted by Crippen LogP contribution is 2.32. The van der Waals surface area contributed by atoms with E-state index >= 15 is 0 Å².